The summed E-state index contributed by atoms with van der Waals surface area (Å²) < 4.78 is 7.59. The molecule has 0 aliphatic heterocycles. The molecule has 1 heterocycles. The summed E-state index contributed by atoms with van der Waals surface area (Å²) in [6, 6.07) is 7.69. The van der Waals surface area contributed by atoms with Gasteiger partial charge in [-0.15, -0.1) is 11.6 Å². The lowest BCUT2D eigenvalue weighted by Crippen LogP contribution is -2.08. The molecule has 2 aromatic rings. The number of nitrogens with zero attached hydrogens (tertiary/aromatic N) is 3. The number of aromatic nitrogens is 3. The first kappa shape index (κ1) is 15.4. The summed E-state index contributed by atoms with van der Waals surface area (Å²) in [6.45, 7) is 3.38. The predicted octanol–water partition coefficient (Wildman–Crippen LogP) is 3.25. The van der Waals surface area contributed by atoms with Crippen molar-refractivity contribution < 1.29 is 4.74 Å². The molecular weight excluding hydrogens is 286 g/mol. The highest BCUT2D eigenvalue weighted by Crippen LogP contribution is 2.13. The molecule has 110 valence electrons. The Morgan fingerprint density at radius 2 is 2.10 bits per heavy atom. The van der Waals surface area contributed by atoms with E-state index in [0.717, 1.165) is 30.1 Å². The topological polar surface area (TPSA) is 39.9 Å². The molecule has 0 saturated heterocycles. The van der Waals surface area contributed by atoms with E-state index in [1.165, 1.54) is 0 Å². The van der Waals surface area contributed by atoms with E-state index in [1.54, 1.807) is 6.33 Å². The standard InChI is InChI=1S/C16H18ClN3O/c1-2-11-20-16(18-13-19-20)12-21-15-8-6-14(7-9-15)5-3-4-10-17/h6-9,13H,2,4,10-12H2,1H3. The molecule has 0 spiro atoms. The van der Waals surface area contributed by atoms with Crippen molar-refractivity contribution in [1.82, 2.24) is 14.8 Å². The van der Waals surface area contributed by atoms with Crippen LogP contribution in [-0.2, 0) is 13.2 Å². The van der Waals surface area contributed by atoms with Gasteiger partial charge in [-0.25, -0.2) is 9.67 Å². The van der Waals surface area contributed by atoms with Crippen molar-refractivity contribution >= 4 is 11.6 Å². The molecule has 0 bridgehead atoms. The van der Waals surface area contributed by atoms with Gasteiger partial charge in [0.25, 0.3) is 0 Å². The van der Waals surface area contributed by atoms with Crippen molar-refractivity contribution in [3.05, 3.63) is 42.0 Å². The Morgan fingerprint density at radius 3 is 2.81 bits per heavy atom. The monoisotopic (exact) mass is 303 g/mol. The highest BCUT2D eigenvalue weighted by atomic mass is 35.5. The normalized spacial score (nSPS) is 10.0. The second kappa shape index (κ2) is 8.33. The number of rotatable bonds is 6. The quantitative estimate of drug-likeness (QED) is 0.607. The van der Waals surface area contributed by atoms with Crippen LogP contribution in [-0.4, -0.2) is 20.6 Å². The van der Waals surface area contributed by atoms with Crippen molar-refractivity contribution in [2.45, 2.75) is 32.9 Å². The number of hydrogen-bond acceptors (Lipinski definition) is 3. The molecule has 0 fully saturated rings. The molecule has 0 radical (unpaired) electrons. The summed E-state index contributed by atoms with van der Waals surface area (Å²) in [5.41, 5.74) is 0.960. The molecule has 0 aliphatic carbocycles. The Kier molecular flexibility index (Phi) is 6.11. The molecule has 2 rings (SSSR count). The van der Waals surface area contributed by atoms with Crippen LogP contribution in [0.4, 0.5) is 0 Å². The Balaban J connectivity index is 1.92. The van der Waals surface area contributed by atoms with Crippen LogP contribution in [0, 0.1) is 11.8 Å². The fourth-order valence-corrected chi connectivity index (χ4v) is 1.89. The van der Waals surface area contributed by atoms with E-state index in [0.29, 0.717) is 18.9 Å². The zero-order valence-electron chi connectivity index (χ0n) is 12.1. The first-order chi connectivity index (χ1) is 10.3. The molecule has 0 unspecified atom stereocenters. The average molecular weight is 304 g/mol. The Labute approximate surface area is 130 Å². The van der Waals surface area contributed by atoms with Crippen LogP contribution in [0.5, 0.6) is 5.75 Å². The van der Waals surface area contributed by atoms with Crippen molar-refractivity contribution in [2.75, 3.05) is 5.88 Å². The molecule has 0 aliphatic rings. The number of halogens is 1. The highest BCUT2D eigenvalue weighted by molar-refractivity contribution is 6.18. The number of hydrogen-bond donors (Lipinski definition) is 0. The second-order valence-electron chi connectivity index (χ2n) is 4.45. The maximum Gasteiger partial charge on any atom is 0.164 e. The number of aryl methyl sites for hydroxylation is 1. The van der Waals surface area contributed by atoms with Crippen LogP contribution < -0.4 is 4.74 Å². The molecule has 1 aromatic carbocycles. The minimum Gasteiger partial charge on any atom is -0.486 e. The van der Waals surface area contributed by atoms with Gasteiger partial charge < -0.3 is 4.74 Å². The fourth-order valence-electron chi connectivity index (χ4n) is 1.79. The van der Waals surface area contributed by atoms with Crippen molar-refractivity contribution in [3.63, 3.8) is 0 Å². The van der Waals surface area contributed by atoms with Crippen LogP contribution in [0.2, 0.25) is 0 Å². The molecule has 5 heteroatoms. The van der Waals surface area contributed by atoms with Gasteiger partial charge in [-0.2, -0.15) is 5.10 Å². The minimum atomic E-state index is 0.414. The first-order valence-electron chi connectivity index (χ1n) is 6.98. The van der Waals surface area contributed by atoms with Crippen LogP contribution >= 0.6 is 11.6 Å². The number of alkyl halides is 1. The summed E-state index contributed by atoms with van der Waals surface area (Å²) in [5.74, 6) is 8.25. The Bertz CT molecular complexity index is 610. The SMILES string of the molecule is CCCn1ncnc1COc1ccc(C#CCCCl)cc1. The third-order valence-corrected chi connectivity index (χ3v) is 2.99. The van der Waals surface area contributed by atoms with Crippen LogP contribution in [0.15, 0.2) is 30.6 Å². The lowest BCUT2D eigenvalue weighted by atomic mass is 10.2. The van der Waals surface area contributed by atoms with Gasteiger partial charge in [0.1, 0.15) is 18.7 Å². The maximum absolute atomic E-state index is 5.73. The van der Waals surface area contributed by atoms with E-state index in [2.05, 4.69) is 28.8 Å². The fraction of sp³-hybridized carbons (Fsp3) is 0.375. The molecule has 4 nitrogen and oxygen atoms in total. The van der Waals surface area contributed by atoms with Crippen molar-refractivity contribution in [3.8, 4) is 17.6 Å². The lowest BCUT2D eigenvalue weighted by Gasteiger charge is -2.07. The first-order valence-corrected chi connectivity index (χ1v) is 7.51. The van der Waals surface area contributed by atoms with Gasteiger partial charge in [0.2, 0.25) is 0 Å². The molecule has 21 heavy (non-hydrogen) atoms. The van der Waals surface area contributed by atoms with E-state index >= 15 is 0 Å². The van der Waals surface area contributed by atoms with E-state index < -0.39 is 0 Å². The molecule has 0 atom stereocenters. The van der Waals surface area contributed by atoms with Gasteiger partial charge >= 0.3 is 0 Å². The average Bonchev–Trinajstić information content (AvgIpc) is 2.94. The minimum absolute atomic E-state index is 0.414. The van der Waals surface area contributed by atoms with E-state index in [-0.39, 0.29) is 0 Å². The summed E-state index contributed by atoms with van der Waals surface area (Å²) in [5, 5.41) is 4.17. The Morgan fingerprint density at radius 1 is 1.29 bits per heavy atom. The van der Waals surface area contributed by atoms with Crippen LogP contribution in [0.3, 0.4) is 0 Å². The predicted molar refractivity (Wildman–Crippen MR) is 83.3 cm³/mol. The molecular formula is C16H18ClN3O. The zero-order chi connectivity index (χ0) is 14.9. The summed E-state index contributed by atoms with van der Waals surface area (Å²) in [6.07, 6.45) is 3.28. The number of ether oxygens (including phenoxy) is 1. The summed E-state index contributed by atoms with van der Waals surface area (Å²) >= 11 is 5.58. The van der Waals surface area contributed by atoms with Crippen LogP contribution in [0.25, 0.3) is 0 Å². The maximum atomic E-state index is 5.73. The molecule has 0 amide bonds. The van der Waals surface area contributed by atoms with Gasteiger partial charge in [-0.05, 0) is 30.7 Å². The van der Waals surface area contributed by atoms with E-state index in [4.69, 9.17) is 16.3 Å². The third-order valence-electron chi connectivity index (χ3n) is 2.81. The Hall–Kier alpha value is -1.99. The van der Waals surface area contributed by atoms with Gasteiger partial charge in [-0.3, -0.25) is 0 Å². The van der Waals surface area contributed by atoms with Crippen molar-refractivity contribution in [2.24, 2.45) is 0 Å². The second-order valence-corrected chi connectivity index (χ2v) is 4.83. The van der Waals surface area contributed by atoms with Gasteiger partial charge in [0.05, 0.1) is 0 Å². The third kappa shape index (κ3) is 4.80. The zero-order valence-corrected chi connectivity index (χ0v) is 12.8. The number of benzene rings is 1. The van der Waals surface area contributed by atoms with Crippen LogP contribution in [0.1, 0.15) is 31.2 Å². The van der Waals surface area contributed by atoms with Gasteiger partial charge in [0, 0.05) is 24.4 Å². The molecule has 0 saturated carbocycles. The molecule has 1 aromatic heterocycles. The largest absolute Gasteiger partial charge is 0.486 e. The highest BCUT2D eigenvalue weighted by Gasteiger charge is 2.04. The molecule has 0 N–H and O–H groups in total. The summed E-state index contributed by atoms with van der Waals surface area (Å²) in [7, 11) is 0. The van der Waals surface area contributed by atoms with Gasteiger partial charge in [0.15, 0.2) is 5.82 Å². The lowest BCUT2D eigenvalue weighted by molar-refractivity contribution is 0.286. The van der Waals surface area contributed by atoms with E-state index in [1.807, 2.05) is 28.9 Å². The van der Waals surface area contributed by atoms with E-state index in [9.17, 15) is 0 Å². The van der Waals surface area contributed by atoms with Crippen molar-refractivity contribution in [1.29, 1.82) is 0 Å². The smallest absolute Gasteiger partial charge is 0.164 e. The summed E-state index contributed by atoms with van der Waals surface area (Å²) in [4.78, 5) is 4.21. The van der Waals surface area contributed by atoms with Gasteiger partial charge in [-0.1, -0.05) is 18.8 Å².